The Morgan fingerprint density at radius 1 is 1.29 bits per heavy atom. The average molecular weight is 302 g/mol. The van der Waals surface area contributed by atoms with E-state index >= 15 is 0 Å². The van der Waals surface area contributed by atoms with Gasteiger partial charge in [-0.3, -0.25) is 4.79 Å². The standard InChI is InChI=1S/C14H17F3N2O2/c15-14(16,17)21-12-5-1-9(2-6-12)8-19-13(20)10-3-4-11(18)7-10/h1-2,5-6,10-11H,3-4,7-8,18H2,(H,19,20). The van der Waals surface area contributed by atoms with Crippen molar-refractivity contribution in [3.05, 3.63) is 29.8 Å². The third-order valence-electron chi connectivity index (χ3n) is 3.47. The lowest BCUT2D eigenvalue weighted by molar-refractivity contribution is -0.274. The molecule has 1 fully saturated rings. The molecule has 0 radical (unpaired) electrons. The normalized spacial score (nSPS) is 22.1. The molecule has 1 aliphatic carbocycles. The minimum atomic E-state index is -4.70. The summed E-state index contributed by atoms with van der Waals surface area (Å²) in [5.74, 6) is -0.397. The van der Waals surface area contributed by atoms with Crippen LogP contribution in [0.3, 0.4) is 0 Å². The second kappa shape index (κ2) is 6.34. The number of benzene rings is 1. The van der Waals surface area contributed by atoms with Gasteiger partial charge in [-0.25, -0.2) is 0 Å². The average Bonchev–Trinajstić information content (AvgIpc) is 2.82. The minimum Gasteiger partial charge on any atom is -0.406 e. The largest absolute Gasteiger partial charge is 0.573 e. The first kappa shape index (κ1) is 15.6. The second-order valence-corrected chi connectivity index (χ2v) is 5.18. The van der Waals surface area contributed by atoms with Crippen molar-refractivity contribution in [2.24, 2.45) is 11.7 Å². The van der Waals surface area contributed by atoms with E-state index in [9.17, 15) is 18.0 Å². The maximum absolute atomic E-state index is 12.0. The first-order valence-electron chi connectivity index (χ1n) is 6.71. The summed E-state index contributed by atoms with van der Waals surface area (Å²) in [4.78, 5) is 11.9. The van der Waals surface area contributed by atoms with Gasteiger partial charge in [-0.15, -0.1) is 13.2 Å². The molecule has 0 bridgehead atoms. The molecule has 0 saturated heterocycles. The predicted octanol–water partition coefficient (Wildman–Crippen LogP) is 2.33. The Morgan fingerprint density at radius 3 is 2.48 bits per heavy atom. The first-order valence-corrected chi connectivity index (χ1v) is 6.71. The molecule has 1 aliphatic rings. The lowest BCUT2D eigenvalue weighted by atomic mass is 10.1. The highest BCUT2D eigenvalue weighted by molar-refractivity contribution is 5.79. The molecule has 21 heavy (non-hydrogen) atoms. The van der Waals surface area contributed by atoms with E-state index in [1.807, 2.05) is 0 Å². The molecular formula is C14H17F3N2O2. The van der Waals surface area contributed by atoms with Gasteiger partial charge in [-0.1, -0.05) is 12.1 Å². The monoisotopic (exact) mass is 302 g/mol. The van der Waals surface area contributed by atoms with E-state index in [1.54, 1.807) is 0 Å². The fraction of sp³-hybridized carbons (Fsp3) is 0.500. The third kappa shape index (κ3) is 4.93. The zero-order valence-corrected chi connectivity index (χ0v) is 11.3. The van der Waals surface area contributed by atoms with Crippen LogP contribution in [0.15, 0.2) is 24.3 Å². The fourth-order valence-corrected chi connectivity index (χ4v) is 2.40. The van der Waals surface area contributed by atoms with Crippen molar-refractivity contribution in [2.75, 3.05) is 0 Å². The zero-order valence-electron chi connectivity index (χ0n) is 11.3. The van der Waals surface area contributed by atoms with Crippen LogP contribution in [-0.2, 0) is 11.3 Å². The summed E-state index contributed by atoms with van der Waals surface area (Å²) in [5, 5.41) is 2.77. The van der Waals surface area contributed by atoms with Crippen molar-refractivity contribution in [1.82, 2.24) is 5.32 Å². The summed E-state index contributed by atoms with van der Waals surface area (Å²) in [5.41, 5.74) is 6.46. The fourth-order valence-electron chi connectivity index (χ4n) is 2.40. The van der Waals surface area contributed by atoms with E-state index in [0.29, 0.717) is 12.0 Å². The topological polar surface area (TPSA) is 64.4 Å². The number of ether oxygens (including phenoxy) is 1. The van der Waals surface area contributed by atoms with Crippen molar-refractivity contribution in [3.63, 3.8) is 0 Å². The van der Waals surface area contributed by atoms with E-state index in [2.05, 4.69) is 10.1 Å². The van der Waals surface area contributed by atoms with Crippen LogP contribution in [0.2, 0.25) is 0 Å². The molecule has 2 atom stereocenters. The summed E-state index contributed by atoms with van der Waals surface area (Å²) in [7, 11) is 0. The molecule has 0 aliphatic heterocycles. The molecule has 7 heteroatoms. The molecule has 1 amide bonds. The van der Waals surface area contributed by atoms with Crippen molar-refractivity contribution in [2.45, 2.75) is 38.2 Å². The number of amides is 1. The summed E-state index contributed by atoms with van der Waals surface area (Å²) >= 11 is 0. The van der Waals surface area contributed by atoms with Gasteiger partial charge in [0.25, 0.3) is 0 Å². The number of nitrogens with one attached hydrogen (secondary N) is 1. The van der Waals surface area contributed by atoms with Crippen molar-refractivity contribution >= 4 is 5.91 Å². The molecule has 0 aromatic heterocycles. The molecule has 1 aromatic carbocycles. The highest BCUT2D eigenvalue weighted by Crippen LogP contribution is 2.25. The van der Waals surface area contributed by atoms with Gasteiger partial charge in [-0.2, -0.15) is 0 Å². The summed E-state index contributed by atoms with van der Waals surface area (Å²) in [6.07, 6.45) is -2.38. The van der Waals surface area contributed by atoms with Gasteiger partial charge in [0, 0.05) is 18.5 Å². The van der Waals surface area contributed by atoms with Crippen molar-refractivity contribution < 1.29 is 22.7 Å². The molecule has 0 heterocycles. The van der Waals surface area contributed by atoms with Crippen LogP contribution in [0, 0.1) is 5.92 Å². The number of halogens is 3. The Morgan fingerprint density at radius 2 is 1.95 bits per heavy atom. The van der Waals surface area contributed by atoms with Crippen LogP contribution in [0.4, 0.5) is 13.2 Å². The molecule has 0 spiro atoms. The quantitative estimate of drug-likeness (QED) is 0.897. The van der Waals surface area contributed by atoms with Crippen LogP contribution in [0.1, 0.15) is 24.8 Å². The van der Waals surface area contributed by atoms with Gasteiger partial charge in [-0.05, 0) is 37.0 Å². The molecule has 2 unspecified atom stereocenters. The van der Waals surface area contributed by atoms with Gasteiger partial charge < -0.3 is 15.8 Å². The number of rotatable bonds is 4. The Labute approximate surface area is 120 Å². The van der Waals surface area contributed by atoms with Gasteiger partial charge in [0.1, 0.15) is 5.75 Å². The molecule has 4 nitrogen and oxygen atoms in total. The van der Waals surface area contributed by atoms with E-state index in [-0.39, 0.29) is 30.2 Å². The Hall–Kier alpha value is -1.76. The maximum atomic E-state index is 12.0. The Bertz CT molecular complexity index is 488. The van der Waals surface area contributed by atoms with Gasteiger partial charge in [0.15, 0.2) is 0 Å². The van der Waals surface area contributed by atoms with Gasteiger partial charge in [0.2, 0.25) is 5.91 Å². The van der Waals surface area contributed by atoms with E-state index < -0.39 is 6.36 Å². The first-order chi connectivity index (χ1) is 9.83. The zero-order chi connectivity index (χ0) is 15.5. The van der Waals surface area contributed by atoms with E-state index in [0.717, 1.165) is 12.8 Å². The molecular weight excluding hydrogens is 285 g/mol. The molecule has 2 rings (SSSR count). The molecule has 116 valence electrons. The Balaban J connectivity index is 1.82. The number of carbonyl (C=O) groups excluding carboxylic acids is 1. The van der Waals surface area contributed by atoms with Crippen molar-refractivity contribution in [1.29, 1.82) is 0 Å². The SMILES string of the molecule is NC1CCC(C(=O)NCc2ccc(OC(F)(F)F)cc2)C1. The minimum absolute atomic E-state index is 0.0569. The molecule has 1 aromatic rings. The number of carbonyl (C=O) groups is 1. The van der Waals surface area contributed by atoms with Crippen LogP contribution in [0.5, 0.6) is 5.75 Å². The summed E-state index contributed by atoms with van der Waals surface area (Å²) in [6, 6.07) is 5.50. The van der Waals surface area contributed by atoms with E-state index in [4.69, 9.17) is 5.73 Å². The highest BCUT2D eigenvalue weighted by atomic mass is 19.4. The lowest BCUT2D eigenvalue weighted by Crippen LogP contribution is -2.30. The number of hydrogen-bond acceptors (Lipinski definition) is 3. The van der Waals surface area contributed by atoms with Crippen LogP contribution < -0.4 is 15.8 Å². The smallest absolute Gasteiger partial charge is 0.406 e. The van der Waals surface area contributed by atoms with Crippen LogP contribution in [0.25, 0.3) is 0 Å². The highest BCUT2D eigenvalue weighted by Gasteiger charge is 2.31. The van der Waals surface area contributed by atoms with Crippen molar-refractivity contribution in [3.8, 4) is 5.75 Å². The summed E-state index contributed by atoms with van der Waals surface area (Å²) in [6.45, 7) is 0.275. The third-order valence-corrected chi connectivity index (χ3v) is 3.47. The maximum Gasteiger partial charge on any atom is 0.573 e. The van der Waals surface area contributed by atoms with Gasteiger partial charge in [0.05, 0.1) is 0 Å². The second-order valence-electron chi connectivity index (χ2n) is 5.18. The van der Waals surface area contributed by atoms with E-state index in [1.165, 1.54) is 24.3 Å². The van der Waals surface area contributed by atoms with Crippen LogP contribution in [-0.4, -0.2) is 18.3 Å². The Kier molecular flexibility index (Phi) is 4.72. The predicted molar refractivity (Wildman–Crippen MR) is 70.3 cm³/mol. The number of nitrogens with two attached hydrogens (primary N) is 1. The number of hydrogen-bond donors (Lipinski definition) is 2. The lowest BCUT2D eigenvalue weighted by Gasteiger charge is -2.12. The molecule has 1 saturated carbocycles. The van der Waals surface area contributed by atoms with Crippen LogP contribution >= 0.6 is 0 Å². The van der Waals surface area contributed by atoms with Gasteiger partial charge >= 0.3 is 6.36 Å². The molecule has 3 N–H and O–H groups in total. The summed E-state index contributed by atoms with van der Waals surface area (Å²) < 4.78 is 39.8. The number of alkyl halides is 3.